The third kappa shape index (κ3) is 3.02. The van der Waals surface area contributed by atoms with Gasteiger partial charge in [0.25, 0.3) is 0 Å². The number of thiophene rings is 1. The van der Waals surface area contributed by atoms with Gasteiger partial charge in [0.2, 0.25) is 0 Å². The Balaban J connectivity index is 1.53. The number of hydrogen-bond donors (Lipinski definition) is 0. The van der Waals surface area contributed by atoms with Crippen LogP contribution in [-0.4, -0.2) is 26.4 Å². The lowest BCUT2D eigenvalue weighted by Gasteiger charge is -2.28. The first-order valence-electron chi connectivity index (χ1n) is 7.80. The van der Waals surface area contributed by atoms with E-state index in [0.29, 0.717) is 0 Å². The van der Waals surface area contributed by atoms with Crippen LogP contribution in [0.25, 0.3) is 10.7 Å². The Labute approximate surface area is 139 Å². The third-order valence-electron chi connectivity index (χ3n) is 4.30. The molecule has 3 aromatic rings. The minimum Gasteiger partial charge on any atom is -0.294 e. The molecule has 0 fully saturated rings. The van der Waals surface area contributed by atoms with Crippen molar-refractivity contribution in [2.45, 2.75) is 26.4 Å². The van der Waals surface area contributed by atoms with Crippen molar-refractivity contribution in [1.29, 1.82) is 0 Å². The number of nitrogens with zero attached hydrogens (tertiary/aromatic N) is 4. The van der Waals surface area contributed by atoms with Gasteiger partial charge >= 0.3 is 0 Å². The van der Waals surface area contributed by atoms with Crippen molar-refractivity contribution in [3.63, 3.8) is 0 Å². The quantitative estimate of drug-likeness (QED) is 0.740. The van der Waals surface area contributed by atoms with Gasteiger partial charge in [-0.15, -0.1) is 11.3 Å². The van der Waals surface area contributed by atoms with E-state index in [9.17, 15) is 0 Å². The fraction of sp³-hybridized carbons (Fsp3) is 0.278. The van der Waals surface area contributed by atoms with Crippen molar-refractivity contribution in [2.75, 3.05) is 6.54 Å². The van der Waals surface area contributed by atoms with E-state index < -0.39 is 0 Å². The molecule has 0 bridgehead atoms. The van der Waals surface area contributed by atoms with Crippen molar-refractivity contribution >= 4 is 11.3 Å². The molecule has 5 heteroatoms. The lowest BCUT2D eigenvalue weighted by Crippen LogP contribution is -2.31. The molecule has 0 radical (unpaired) electrons. The zero-order valence-electron chi connectivity index (χ0n) is 13.1. The van der Waals surface area contributed by atoms with Crippen molar-refractivity contribution in [3.8, 4) is 10.7 Å². The Hall–Kier alpha value is -2.11. The lowest BCUT2D eigenvalue weighted by atomic mass is 10.1. The molecule has 0 atom stereocenters. The highest BCUT2D eigenvalue weighted by molar-refractivity contribution is 7.13. The Kier molecular flexibility index (Phi) is 3.89. The van der Waals surface area contributed by atoms with Crippen LogP contribution in [0.5, 0.6) is 0 Å². The second-order valence-electron chi connectivity index (χ2n) is 5.91. The monoisotopic (exact) mass is 322 g/mol. The maximum atomic E-state index is 4.78. The number of fused-ring (bicyclic) bond motifs is 1. The van der Waals surface area contributed by atoms with Gasteiger partial charge < -0.3 is 0 Å². The fourth-order valence-electron chi connectivity index (χ4n) is 2.94. The van der Waals surface area contributed by atoms with E-state index in [1.165, 1.54) is 22.4 Å². The predicted molar refractivity (Wildman–Crippen MR) is 92.1 cm³/mol. The molecule has 4 nitrogen and oxygen atoms in total. The molecule has 3 aromatic heterocycles. The average molecular weight is 322 g/mol. The van der Waals surface area contributed by atoms with Crippen LogP contribution in [0.15, 0.2) is 42.2 Å². The Morgan fingerprint density at radius 1 is 1.26 bits per heavy atom. The first-order valence-corrected chi connectivity index (χ1v) is 8.68. The summed E-state index contributed by atoms with van der Waals surface area (Å²) < 4.78 is 0. The summed E-state index contributed by atoms with van der Waals surface area (Å²) in [5, 5.41) is 2.07. The standard InChI is InChI=1S/C18H18N4S/c1-13-4-6-19-9-14(13)11-22-7-5-16-15(12-22)10-20-18(21-16)17-3-2-8-23-17/h2-4,6,8-10H,5,7,11-12H2,1H3. The minimum atomic E-state index is 0.857. The van der Waals surface area contributed by atoms with Gasteiger partial charge in [0.15, 0.2) is 5.82 Å². The molecule has 0 saturated heterocycles. The Morgan fingerprint density at radius 2 is 2.22 bits per heavy atom. The maximum Gasteiger partial charge on any atom is 0.169 e. The first-order chi connectivity index (χ1) is 11.3. The average Bonchev–Trinajstić information content (AvgIpc) is 3.11. The van der Waals surface area contributed by atoms with E-state index in [4.69, 9.17) is 4.98 Å². The molecule has 23 heavy (non-hydrogen) atoms. The Morgan fingerprint density at radius 3 is 3.04 bits per heavy atom. The molecular formula is C18H18N4S. The zero-order valence-corrected chi connectivity index (χ0v) is 13.9. The number of hydrogen-bond acceptors (Lipinski definition) is 5. The molecule has 0 aliphatic carbocycles. The van der Waals surface area contributed by atoms with Crippen LogP contribution in [0, 0.1) is 6.92 Å². The fourth-order valence-corrected chi connectivity index (χ4v) is 3.60. The molecular weight excluding hydrogens is 304 g/mol. The van der Waals surface area contributed by atoms with Crippen molar-refractivity contribution < 1.29 is 0 Å². The molecule has 0 saturated carbocycles. The Bertz CT molecular complexity index is 814. The van der Waals surface area contributed by atoms with Crippen LogP contribution in [-0.2, 0) is 19.5 Å². The van der Waals surface area contributed by atoms with Crippen LogP contribution < -0.4 is 0 Å². The summed E-state index contributed by atoms with van der Waals surface area (Å²) in [6, 6.07) is 6.19. The highest BCUT2D eigenvalue weighted by Crippen LogP contribution is 2.24. The third-order valence-corrected chi connectivity index (χ3v) is 5.16. The summed E-state index contributed by atoms with van der Waals surface area (Å²) in [7, 11) is 0. The van der Waals surface area contributed by atoms with Crippen LogP contribution in [0.3, 0.4) is 0 Å². The van der Waals surface area contributed by atoms with Crippen LogP contribution in [0.2, 0.25) is 0 Å². The lowest BCUT2D eigenvalue weighted by molar-refractivity contribution is 0.242. The molecule has 116 valence electrons. The summed E-state index contributed by atoms with van der Waals surface area (Å²) in [5.74, 6) is 0.857. The van der Waals surface area contributed by atoms with Gasteiger partial charge in [-0.1, -0.05) is 6.07 Å². The number of rotatable bonds is 3. The highest BCUT2D eigenvalue weighted by atomic mass is 32.1. The summed E-state index contributed by atoms with van der Waals surface area (Å²) in [5.41, 5.74) is 5.04. The van der Waals surface area contributed by atoms with E-state index in [2.05, 4.69) is 39.3 Å². The van der Waals surface area contributed by atoms with Crippen molar-refractivity contribution in [2.24, 2.45) is 0 Å². The van der Waals surface area contributed by atoms with Gasteiger partial charge in [-0.2, -0.15) is 0 Å². The molecule has 0 unspecified atom stereocenters. The predicted octanol–water partition coefficient (Wildman–Crippen LogP) is 3.47. The summed E-state index contributed by atoms with van der Waals surface area (Å²) in [6.45, 7) is 5.02. The van der Waals surface area contributed by atoms with E-state index in [1.54, 1.807) is 11.3 Å². The van der Waals surface area contributed by atoms with E-state index in [1.807, 2.05) is 24.7 Å². The number of pyridine rings is 1. The van der Waals surface area contributed by atoms with Gasteiger partial charge in [-0.25, -0.2) is 9.97 Å². The minimum absolute atomic E-state index is 0.857. The van der Waals surface area contributed by atoms with Gasteiger partial charge in [-0.3, -0.25) is 9.88 Å². The summed E-state index contributed by atoms with van der Waals surface area (Å²) in [6.07, 6.45) is 6.81. The molecule has 1 aliphatic rings. The highest BCUT2D eigenvalue weighted by Gasteiger charge is 2.19. The molecule has 0 aromatic carbocycles. The van der Waals surface area contributed by atoms with E-state index in [-0.39, 0.29) is 0 Å². The molecule has 4 rings (SSSR count). The van der Waals surface area contributed by atoms with E-state index in [0.717, 1.165) is 36.8 Å². The topological polar surface area (TPSA) is 41.9 Å². The maximum absolute atomic E-state index is 4.78. The number of aromatic nitrogens is 3. The van der Waals surface area contributed by atoms with Crippen molar-refractivity contribution in [1.82, 2.24) is 19.9 Å². The largest absolute Gasteiger partial charge is 0.294 e. The number of aryl methyl sites for hydroxylation is 1. The normalized spacial score (nSPS) is 14.7. The first kappa shape index (κ1) is 14.5. The molecule has 4 heterocycles. The molecule has 0 spiro atoms. The van der Waals surface area contributed by atoms with Gasteiger partial charge in [0.05, 0.1) is 10.6 Å². The van der Waals surface area contributed by atoms with Gasteiger partial charge in [0, 0.05) is 50.2 Å². The zero-order chi connectivity index (χ0) is 15.6. The smallest absolute Gasteiger partial charge is 0.169 e. The van der Waals surface area contributed by atoms with Gasteiger partial charge in [0.1, 0.15) is 0 Å². The van der Waals surface area contributed by atoms with Gasteiger partial charge in [-0.05, 0) is 35.6 Å². The van der Waals surface area contributed by atoms with Crippen molar-refractivity contribution in [3.05, 3.63) is 64.6 Å². The second kappa shape index (κ2) is 6.18. The van der Waals surface area contributed by atoms with Crippen LogP contribution >= 0.6 is 11.3 Å². The van der Waals surface area contributed by atoms with Crippen LogP contribution in [0.1, 0.15) is 22.4 Å². The molecule has 0 N–H and O–H groups in total. The SMILES string of the molecule is Cc1ccncc1CN1CCc2nc(-c3cccs3)ncc2C1. The van der Waals surface area contributed by atoms with E-state index >= 15 is 0 Å². The second-order valence-corrected chi connectivity index (χ2v) is 6.85. The summed E-state index contributed by atoms with van der Waals surface area (Å²) >= 11 is 1.69. The molecule has 0 amide bonds. The summed E-state index contributed by atoms with van der Waals surface area (Å²) in [4.78, 5) is 17.2. The molecule has 1 aliphatic heterocycles. The van der Waals surface area contributed by atoms with Crippen LogP contribution in [0.4, 0.5) is 0 Å².